The van der Waals surface area contributed by atoms with Crippen LogP contribution in [0.25, 0.3) is 5.52 Å². The van der Waals surface area contributed by atoms with Gasteiger partial charge in [-0.05, 0) is 49.1 Å². The molecule has 3 heterocycles. The molecule has 1 aliphatic heterocycles. The van der Waals surface area contributed by atoms with Crippen molar-refractivity contribution in [2.24, 2.45) is 0 Å². The van der Waals surface area contributed by atoms with Crippen molar-refractivity contribution >= 4 is 19.2 Å². The minimum Gasteiger partial charge on any atom is -0.382 e. The summed E-state index contributed by atoms with van der Waals surface area (Å²) in [5.41, 5.74) is 7.17. The second kappa shape index (κ2) is 24.3. The van der Waals surface area contributed by atoms with Crippen LogP contribution in [-0.4, -0.2) is 57.6 Å². The largest absolute Gasteiger partial charge is 0.472 e. The molecule has 1 fully saturated rings. The van der Waals surface area contributed by atoms with Crippen LogP contribution in [0, 0.1) is 22.7 Å². The third-order valence-electron chi connectivity index (χ3n) is 10.1. The minimum absolute atomic E-state index is 0.154. The van der Waals surface area contributed by atoms with Crippen LogP contribution < -0.4 is 5.73 Å². The molecule has 2 aromatic heterocycles. The number of rotatable bonds is 29. The van der Waals surface area contributed by atoms with E-state index in [1.807, 2.05) is 0 Å². The summed E-state index contributed by atoms with van der Waals surface area (Å²) in [6.45, 7) is 2.41. The summed E-state index contributed by atoms with van der Waals surface area (Å²) in [5, 5.41) is 23.4. The van der Waals surface area contributed by atoms with Gasteiger partial charge in [-0.1, -0.05) is 115 Å². The summed E-state index contributed by atoms with van der Waals surface area (Å²) in [4.78, 5) is 14.6. The molecular weight excluding hydrogens is 719 g/mol. The van der Waals surface area contributed by atoms with E-state index in [1.165, 1.54) is 96.2 Å². The number of fused-ring (bicyclic) bond motifs is 1. The molecule has 0 amide bonds. The van der Waals surface area contributed by atoms with Crippen molar-refractivity contribution in [3.63, 3.8) is 0 Å². The number of phosphoric ester groups is 1. The fraction of sp³-hybridized carbons (Fsp3) is 0.659. The van der Waals surface area contributed by atoms with Gasteiger partial charge in [0.15, 0.2) is 11.4 Å². The molecule has 1 saturated heterocycles. The molecule has 3 aromatic rings. The topological polar surface area (TPSA) is 187 Å². The highest BCUT2D eigenvalue weighted by Gasteiger charge is 2.44. The molecule has 0 radical (unpaired) electrons. The van der Waals surface area contributed by atoms with Crippen molar-refractivity contribution in [2.45, 2.75) is 147 Å². The molecule has 4 rings (SSSR count). The molecule has 1 unspecified atom stereocenters. The Morgan fingerprint density at radius 1 is 0.927 bits per heavy atom. The number of nitrogen functional groups attached to an aromatic ring is 1. The molecule has 1 aromatic carbocycles. The summed E-state index contributed by atoms with van der Waals surface area (Å²) >= 11 is 0. The zero-order valence-corrected chi connectivity index (χ0v) is 33.5. The number of nitrogens with two attached hydrogens (primary N) is 1. The highest BCUT2D eigenvalue weighted by atomic mass is 31.2. The number of hydrogen-bond acceptors (Lipinski definition) is 11. The monoisotopic (exact) mass is 780 g/mol. The lowest BCUT2D eigenvalue weighted by molar-refractivity contribution is -0.0589. The number of ether oxygens (including phenoxy) is 3. The molecule has 0 bridgehead atoms. The fourth-order valence-corrected chi connectivity index (χ4v) is 7.60. The second-order valence-electron chi connectivity index (χ2n) is 14.6. The van der Waals surface area contributed by atoms with Crippen molar-refractivity contribution in [1.29, 1.82) is 10.5 Å². The van der Waals surface area contributed by atoms with Crippen LogP contribution in [0.15, 0.2) is 42.7 Å². The van der Waals surface area contributed by atoms with Crippen LogP contribution in [-0.2, 0) is 34.4 Å². The highest BCUT2D eigenvalue weighted by Crippen LogP contribution is 2.47. The van der Waals surface area contributed by atoms with Crippen LogP contribution in [0.1, 0.15) is 145 Å². The minimum atomic E-state index is -4.61. The Balaban J connectivity index is 1.14. The van der Waals surface area contributed by atoms with Gasteiger partial charge in [-0.15, -0.1) is 0 Å². The zero-order valence-electron chi connectivity index (χ0n) is 32.6. The van der Waals surface area contributed by atoms with Gasteiger partial charge in [-0.3, -0.25) is 9.05 Å². The van der Waals surface area contributed by atoms with E-state index in [1.54, 1.807) is 40.9 Å². The first-order chi connectivity index (χ1) is 26.8. The molecule has 14 heteroatoms. The second-order valence-corrected chi connectivity index (χ2v) is 16.1. The van der Waals surface area contributed by atoms with Gasteiger partial charge < -0.3 is 24.8 Å². The molecule has 4 atom stereocenters. The van der Waals surface area contributed by atoms with Crippen LogP contribution in [0.4, 0.5) is 5.82 Å². The van der Waals surface area contributed by atoms with Crippen LogP contribution in [0.3, 0.4) is 0 Å². The number of nitriles is 2. The van der Waals surface area contributed by atoms with Gasteiger partial charge in [0.25, 0.3) is 0 Å². The molecule has 302 valence electrons. The molecule has 13 nitrogen and oxygen atoms in total. The standard InChI is InChI=1S/C41H61N6O7P/c1-2-3-4-5-6-7-8-9-10-11-12-13-14-15-16-17-26-50-29-36(51-28-35-20-18-34(27-42)19-21-35)30-52-55(48,49)53-32-41(31-43)25-24-39(54-41)37-22-23-38-40(44)45-33-46-47(37)38/h18-23,33,36,39H,2-17,24-26,28-30,32H2,1H3,(H,48,49)(H2,44,45,46)/t36-,39-,41-/m1/s1. The predicted octanol–water partition coefficient (Wildman–Crippen LogP) is 9.29. The quantitative estimate of drug-likeness (QED) is 0.0503. The van der Waals surface area contributed by atoms with Gasteiger partial charge in [-0.2, -0.15) is 15.6 Å². The van der Waals surface area contributed by atoms with Crippen LogP contribution in [0.5, 0.6) is 0 Å². The molecule has 0 aliphatic carbocycles. The number of hydrogen-bond donors (Lipinski definition) is 2. The van der Waals surface area contributed by atoms with Crippen molar-refractivity contribution in [2.75, 3.05) is 32.2 Å². The van der Waals surface area contributed by atoms with E-state index in [2.05, 4.69) is 29.1 Å². The van der Waals surface area contributed by atoms with E-state index in [0.29, 0.717) is 35.6 Å². The maximum Gasteiger partial charge on any atom is 0.472 e. The van der Waals surface area contributed by atoms with Gasteiger partial charge in [-0.25, -0.2) is 14.1 Å². The number of anilines is 1. The van der Waals surface area contributed by atoms with E-state index in [0.717, 1.165) is 18.4 Å². The lowest BCUT2D eigenvalue weighted by Crippen LogP contribution is -2.32. The summed E-state index contributed by atoms with van der Waals surface area (Å²) in [6, 6.07) is 14.8. The summed E-state index contributed by atoms with van der Waals surface area (Å²) in [7, 11) is -4.61. The van der Waals surface area contributed by atoms with Crippen molar-refractivity contribution < 1.29 is 32.7 Å². The molecule has 1 aliphatic rings. The SMILES string of the molecule is CCCCCCCCCCCCCCCCCCOC[C@H](COP(=O)(O)OC[C@]1(C#N)CC[C@H](c2ccc3c(N)ncnn23)O1)OCc1ccc(C#N)cc1. The Labute approximate surface area is 327 Å². The van der Waals surface area contributed by atoms with E-state index in [4.69, 9.17) is 34.3 Å². The molecule has 0 saturated carbocycles. The van der Waals surface area contributed by atoms with Crippen LogP contribution in [0.2, 0.25) is 0 Å². The molecule has 3 N–H and O–H groups in total. The van der Waals surface area contributed by atoms with E-state index in [9.17, 15) is 14.7 Å². The summed E-state index contributed by atoms with van der Waals surface area (Å²) < 4.78 is 43.4. The first-order valence-corrected chi connectivity index (χ1v) is 21.7. The first-order valence-electron chi connectivity index (χ1n) is 20.3. The Morgan fingerprint density at radius 2 is 1.56 bits per heavy atom. The lowest BCUT2D eigenvalue weighted by Gasteiger charge is -2.24. The third kappa shape index (κ3) is 15.6. The van der Waals surface area contributed by atoms with Crippen molar-refractivity contribution in [3.8, 4) is 12.1 Å². The van der Waals surface area contributed by atoms with E-state index >= 15 is 0 Å². The maximum absolute atomic E-state index is 13.0. The van der Waals surface area contributed by atoms with Crippen molar-refractivity contribution in [3.05, 3.63) is 59.5 Å². The number of nitrogens with zero attached hydrogens (tertiary/aromatic N) is 5. The Morgan fingerprint density at radius 3 is 2.18 bits per heavy atom. The Kier molecular flexibility index (Phi) is 19.6. The lowest BCUT2D eigenvalue weighted by atomic mass is 10.0. The van der Waals surface area contributed by atoms with Gasteiger partial charge in [0.2, 0.25) is 0 Å². The van der Waals surface area contributed by atoms with E-state index < -0.39 is 32.2 Å². The van der Waals surface area contributed by atoms with E-state index in [-0.39, 0.29) is 26.2 Å². The fourth-order valence-electron chi connectivity index (χ4n) is 6.80. The third-order valence-corrected chi connectivity index (χ3v) is 11.1. The average molecular weight is 781 g/mol. The summed E-state index contributed by atoms with van der Waals surface area (Å²) in [5.74, 6) is 0.317. The van der Waals surface area contributed by atoms with Gasteiger partial charge in [0.1, 0.15) is 36.7 Å². The molecular formula is C41H61N6O7P. The van der Waals surface area contributed by atoms with Gasteiger partial charge in [0.05, 0.1) is 37.1 Å². The Bertz CT molecular complexity index is 1680. The molecule has 0 spiro atoms. The number of unbranched alkanes of at least 4 members (excludes halogenated alkanes) is 15. The number of benzene rings is 1. The average Bonchev–Trinajstić information content (AvgIpc) is 3.83. The van der Waals surface area contributed by atoms with Gasteiger partial charge in [0, 0.05) is 6.61 Å². The first kappa shape index (κ1) is 44.3. The molecule has 55 heavy (non-hydrogen) atoms. The highest BCUT2D eigenvalue weighted by molar-refractivity contribution is 7.47. The number of aromatic nitrogens is 3. The number of phosphoric acid groups is 1. The van der Waals surface area contributed by atoms with Crippen LogP contribution >= 0.6 is 7.82 Å². The normalized spacial score (nSPS) is 18.6. The zero-order chi connectivity index (χ0) is 39.2. The predicted molar refractivity (Wildman–Crippen MR) is 211 cm³/mol. The summed E-state index contributed by atoms with van der Waals surface area (Å²) in [6.07, 6.45) is 21.6. The maximum atomic E-state index is 13.0. The smallest absolute Gasteiger partial charge is 0.382 e. The van der Waals surface area contributed by atoms with Gasteiger partial charge >= 0.3 is 7.82 Å². The Hall–Kier alpha value is -3.39. The van der Waals surface area contributed by atoms with Crippen molar-refractivity contribution in [1.82, 2.24) is 14.6 Å².